The SMILES string of the molecule is CN1CCCc2cc(C(C=N)=CN)c(C(F)F)cc21. The minimum atomic E-state index is -2.58. The predicted octanol–water partition coefficient (Wildman–Crippen LogP) is 2.96. The van der Waals surface area contributed by atoms with E-state index in [9.17, 15) is 8.78 Å². The van der Waals surface area contributed by atoms with Gasteiger partial charge in [-0.1, -0.05) is 0 Å². The van der Waals surface area contributed by atoms with E-state index >= 15 is 0 Å². The molecule has 2 rings (SSSR count). The average Bonchev–Trinajstić information content (AvgIpc) is 2.39. The maximum absolute atomic E-state index is 13.2. The van der Waals surface area contributed by atoms with Gasteiger partial charge in [-0.2, -0.15) is 0 Å². The Morgan fingerprint density at radius 2 is 2.21 bits per heavy atom. The number of nitrogens with zero attached hydrogens (tertiary/aromatic N) is 1. The minimum Gasteiger partial charge on any atom is -0.404 e. The second-order valence-corrected chi connectivity index (χ2v) is 4.66. The zero-order valence-corrected chi connectivity index (χ0v) is 10.8. The van der Waals surface area contributed by atoms with Crippen molar-refractivity contribution in [2.24, 2.45) is 5.73 Å². The number of rotatable bonds is 3. The molecule has 1 aliphatic rings. The van der Waals surface area contributed by atoms with Crippen molar-refractivity contribution >= 4 is 17.5 Å². The summed E-state index contributed by atoms with van der Waals surface area (Å²) in [5.74, 6) is 0. The normalized spacial score (nSPS) is 15.6. The second kappa shape index (κ2) is 5.38. The molecule has 102 valence electrons. The van der Waals surface area contributed by atoms with E-state index in [1.807, 2.05) is 11.9 Å². The molecule has 1 heterocycles. The van der Waals surface area contributed by atoms with Crippen molar-refractivity contribution in [3.63, 3.8) is 0 Å². The van der Waals surface area contributed by atoms with E-state index in [0.717, 1.165) is 36.9 Å². The first-order valence-corrected chi connectivity index (χ1v) is 6.17. The van der Waals surface area contributed by atoms with Gasteiger partial charge < -0.3 is 16.0 Å². The lowest BCUT2D eigenvalue weighted by Crippen LogP contribution is -2.25. The molecule has 3 nitrogen and oxygen atoms in total. The fourth-order valence-electron chi connectivity index (χ4n) is 2.48. The molecule has 0 radical (unpaired) electrons. The molecule has 1 aliphatic heterocycles. The first-order valence-electron chi connectivity index (χ1n) is 6.17. The lowest BCUT2D eigenvalue weighted by atomic mass is 9.92. The number of halogens is 2. The van der Waals surface area contributed by atoms with E-state index in [1.54, 1.807) is 6.07 Å². The molecule has 0 spiro atoms. The number of anilines is 1. The quantitative estimate of drug-likeness (QED) is 0.825. The highest BCUT2D eigenvalue weighted by Gasteiger charge is 2.21. The number of nitrogens with two attached hydrogens (primary N) is 1. The van der Waals surface area contributed by atoms with Crippen LogP contribution in [0.2, 0.25) is 0 Å². The molecule has 19 heavy (non-hydrogen) atoms. The Morgan fingerprint density at radius 3 is 2.79 bits per heavy atom. The molecule has 0 saturated carbocycles. The van der Waals surface area contributed by atoms with E-state index < -0.39 is 6.43 Å². The maximum atomic E-state index is 13.2. The van der Waals surface area contributed by atoms with Gasteiger partial charge in [-0.25, -0.2) is 8.78 Å². The predicted molar refractivity (Wildman–Crippen MR) is 73.9 cm³/mol. The van der Waals surface area contributed by atoms with Gasteiger partial charge in [0.1, 0.15) is 0 Å². The highest BCUT2D eigenvalue weighted by Crippen LogP contribution is 2.35. The summed E-state index contributed by atoms with van der Waals surface area (Å²) in [4.78, 5) is 1.99. The van der Waals surface area contributed by atoms with Crippen LogP contribution in [0.4, 0.5) is 14.5 Å². The first-order chi connectivity index (χ1) is 9.08. The minimum absolute atomic E-state index is 0.0623. The van der Waals surface area contributed by atoms with Crippen LogP contribution in [0.5, 0.6) is 0 Å². The average molecular weight is 265 g/mol. The summed E-state index contributed by atoms with van der Waals surface area (Å²) in [6.07, 6.45) is 1.51. The third-order valence-electron chi connectivity index (χ3n) is 3.48. The van der Waals surface area contributed by atoms with Crippen LogP contribution in [0, 0.1) is 5.41 Å². The number of allylic oxidation sites excluding steroid dienone is 1. The summed E-state index contributed by atoms with van der Waals surface area (Å²) in [6.45, 7) is 0.874. The molecule has 0 bridgehead atoms. The van der Waals surface area contributed by atoms with Gasteiger partial charge >= 0.3 is 0 Å². The lowest BCUT2D eigenvalue weighted by molar-refractivity contribution is 0.151. The van der Waals surface area contributed by atoms with Gasteiger partial charge in [0, 0.05) is 42.8 Å². The summed E-state index contributed by atoms with van der Waals surface area (Å²) in [5.41, 5.74) is 7.93. The Bertz CT molecular complexity index is 524. The second-order valence-electron chi connectivity index (χ2n) is 4.66. The molecule has 0 amide bonds. The Kier molecular flexibility index (Phi) is 3.83. The monoisotopic (exact) mass is 265 g/mol. The molecule has 0 saturated heterocycles. The summed E-state index contributed by atoms with van der Waals surface area (Å²) < 4.78 is 26.4. The summed E-state index contributed by atoms with van der Waals surface area (Å²) in [6, 6.07) is 3.28. The van der Waals surface area contributed by atoms with Crippen molar-refractivity contribution in [1.29, 1.82) is 5.41 Å². The Hall–Kier alpha value is -1.91. The molecule has 3 N–H and O–H groups in total. The number of aryl methyl sites for hydroxylation is 1. The van der Waals surface area contributed by atoms with Crippen molar-refractivity contribution in [3.8, 4) is 0 Å². The highest BCUT2D eigenvalue weighted by molar-refractivity contribution is 6.09. The highest BCUT2D eigenvalue weighted by atomic mass is 19.3. The number of fused-ring (bicyclic) bond motifs is 1. The van der Waals surface area contributed by atoms with Crippen LogP contribution in [0.3, 0.4) is 0 Å². The Morgan fingerprint density at radius 1 is 1.47 bits per heavy atom. The summed E-state index contributed by atoms with van der Waals surface area (Å²) >= 11 is 0. The van der Waals surface area contributed by atoms with Crippen molar-refractivity contribution < 1.29 is 8.78 Å². The smallest absolute Gasteiger partial charge is 0.264 e. The number of hydrogen-bond donors (Lipinski definition) is 2. The van der Waals surface area contributed by atoms with Gasteiger partial charge in [0.05, 0.1) is 0 Å². The van der Waals surface area contributed by atoms with Crippen molar-refractivity contribution in [1.82, 2.24) is 0 Å². The lowest BCUT2D eigenvalue weighted by Gasteiger charge is -2.29. The van der Waals surface area contributed by atoms with E-state index in [-0.39, 0.29) is 5.56 Å². The summed E-state index contributed by atoms with van der Waals surface area (Å²) in [7, 11) is 1.91. The number of benzene rings is 1. The molecular formula is C14H17F2N3. The van der Waals surface area contributed by atoms with E-state index in [2.05, 4.69) is 0 Å². The molecule has 0 aliphatic carbocycles. The van der Waals surface area contributed by atoms with Crippen LogP contribution < -0.4 is 10.6 Å². The zero-order chi connectivity index (χ0) is 14.0. The van der Waals surface area contributed by atoms with E-state index in [0.29, 0.717) is 11.1 Å². The molecule has 0 unspecified atom stereocenters. The van der Waals surface area contributed by atoms with Gasteiger partial charge in [0.25, 0.3) is 6.43 Å². The van der Waals surface area contributed by atoms with Crippen molar-refractivity contribution in [2.75, 3.05) is 18.5 Å². The molecule has 0 aromatic heterocycles. The standard InChI is InChI=1S/C14H17F2N3/c1-19-4-2-3-9-5-11(10(7-17)8-18)12(14(15)16)6-13(9)19/h5-8,14,17H,2-4,18H2,1H3. The third kappa shape index (κ3) is 2.45. The van der Waals surface area contributed by atoms with Crippen LogP contribution in [-0.4, -0.2) is 19.8 Å². The summed E-state index contributed by atoms with van der Waals surface area (Å²) in [5, 5.41) is 7.29. The van der Waals surface area contributed by atoms with Crippen LogP contribution in [0.1, 0.15) is 29.5 Å². The Balaban J connectivity index is 2.63. The number of alkyl halides is 2. The fraction of sp³-hybridized carbons (Fsp3) is 0.357. The first kappa shape index (κ1) is 13.5. The number of hydrogen-bond acceptors (Lipinski definition) is 3. The van der Waals surface area contributed by atoms with Gasteiger partial charge in [-0.3, -0.25) is 0 Å². The third-order valence-corrected chi connectivity index (χ3v) is 3.48. The fourth-order valence-corrected chi connectivity index (χ4v) is 2.48. The van der Waals surface area contributed by atoms with Gasteiger partial charge in [-0.15, -0.1) is 0 Å². The van der Waals surface area contributed by atoms with Gasteiger partial charge in [0.2, 0.25) is 0 Å². The molecule has 1 aromatic carbocycles. The van der Waals surface area contributed by atoms with Crippen LogP contribution >= 0.6 is 0 Å². The molecule has 0 atom stereocenters. The van der Waals surface area contributed by atoms with Crippen LogP contribution in [0.15, 0.2) is 18.3 Å². The largest absolute Gasteiger partial charge is 0.404 e. The molecule has 1 aromatic rings. The van der Waals surface area contributed by atoms with Gasteiger partial charge in [0.15, 0.2) is 0 Å². The van der Waals surface area contributed by atoms with E-state index in [1.165, 1.54) is 12.3 Å². The zero-order valence-electron chi connectivity index (χ0n) is 10.8. The number of nitrogens with one attached hydrogen (secondary N) is 1. The topological polar surface area (TPSA) is 53.1 Å². The molecule has 0 fully saturated rings. The van der Waals surface area contributed by atoms with Crippen molar-refractivity contribution in [2.45, 2.75) is 19.3 Å². The Labute approximate surface area is 111 Å². The molecular weight excluding hydrogens is 248 g/mol. The van der Waals surface area contributed by atoms with Crippen molar-refractivity contribution in [3.05, 3.63) is 35.0 Å². The van der Waals surface area contributed by atoms with E-state index in [4.69, 9.17) is 11.1 Å². The van der Waals surface area contributed by atoms with Gasteiger partial charge in [-0.05, 0) is 36.1 Å². The molecule has 5 heteroatoms. The van der Waals surface area contributed by atoms with Crippen LogP contribution in [0.25, 0.3) is 5.57 Å². The maximum Gasteiger partial charge on any atom is 0.264 e. The van der Waals surface area contributed by atoms with Crippen LogP contribution in [-0.2, 0) is 6.42 Å².